The van der Waals surface area contributed by atoms with Crippen LogP contribution in [-0.4, -0.2) is 23.2 Å². The maximum atomic E-state index is 12.6. The Labute approximate surface area is 180 Å². The van der Waals surface area contributed by atoms with Gasteiger partial charge in [0.25, 0.3) is 5.91 Å². The molecule has 6 heteroatoms. The van der Waals surface area contributed by atoms with Crippen molar-refractivity contribution in [3.8, 4) is 17.0 Å². The highest BCUT2D eigenvalue weighted by atomic mass is 16.5. The second kappa shape index (κ2) is 9.09. The molecule has 0 bridgehead atoms. The van der Waals surface area contributed by atoms with E-state index in [4.69, 9.17) is 4.74 Å². The van der Waals surface area contributed by atoms with Crippen LogP contribution in [0.1, 0.15) is 15.9 Å². The molecule has 0 saturated carbocycles. The monoisotopic (exact) mass is 410 g/mol. The van der Waals surface area contributed by atoms with E-state index in [2.05, 4.69) is 26.9 Å². The van der Waals surface area contributed by atoms with E-state index in [-0.39, 0.29) is 5.91 Å². The Morgan fingerprint density at radius 2 is 1.65 bits per heavy atom. The van der Waals surface area contributed by atoms with E-state index >= 15 is 0 Å². The van der Waals surface area contributed by atoms with E-state index in [1.807, 2.05) is 67.6 Å². The lowest BCUT2D eigenvalue weighted by Crippen LogP contribution is -2.12. The fourth-order valence-electron chi connectivity index (χ4n) is 3.15. The molecule has 6 nitrogen and oxygen atoms in total. The molecule has 0 aliphatic rings. The molecule has 0 aliphatic heterocycles. The minimum Gasteiger partial charge on any atom is -0.497 e. The molecular weight excluding hydrogens is 388 g/mol. The van der Waals surface area contributed by atoms with Crippen LogP contribution in [0.3, 0.4) is 0 Å². The van der Waals surface area contributed by atoms with Crippen molar-refractivity contribution >= 4 is 23.1 Å². The molecule has 0 fully saturated rings. The van der Waals surface area contributed by atoms with Gasteiger partial charge in [0, 0.05) is 28.6 Å². The Kier molecular flexibility index (Phi) is 5.89. The Morgan fingerprint density at radius 3 is 2.42 bits per heavy atom. The third-order valence-corrected chi connectivity index (χ3v) is 4.70. The molecule has 1 aromatic heterocycles. The molecule has 0 atom stereocenters. The third-order valence-electron chi connectivity index (χ3n) is 4.70. The van der Waals surface area contributed by atoms with Gasteiger partial charge < -0.3 is 15.4 Å². The standard InChI is InChI=1S/C25H22N4O2/c1-17-6-3-7-18(14-17)23-12-13-24(29-28-23)26-20-9-4-8-19(15-20)25(30)27-21-10-5-11-22(16-21)31-2/h3-16H,1-2H3,(H,26,29)(H,27,30). The van der Waals surface area contributed by atoms with Crippen LogP contribution >= 0.6 is 0 Å². The van der Waals surface area contributed by atoms with Gasteiger partial charge in [-0.3, -0.25) is 4.79 Å². The summed E-state index contributed by atoms with van der Waals surface area (Å²) < 4.78 is 5.20. The number of amides is 1. The SMILES string of the molecule is COc1cccc(NC(=O)c2cccc(Nc3ccc(-c4cccc(C)c4)nn3)c2)c1. The predicted molar refractivity (Wildman–Crippen MR) is 123 cm³/mol. The average molecular weight is 410 g/mol. The Hall–Kier alpha value is -4.19. The second-order valence-electron chi connectivity index (χ2n) is 7.07. The molecule has 1 heterocycles. The molecule has 1 amide bonds. The van der Waals surface area contributed by atoms with Crippen molar-refractivity contribution in [2.24, 2.45) is 0 Å². The summed E-state index contributed by atoms with van der Waals surface area (Å²) in [7, 11) is 1.59. The number of rotatable bonds is 6. The minimum atomic E-state index is -0.210. The number of nitrogens with zero attached hydrogens (tertiary/aromatic N) is 2. The molecule has 0 aliphatic carbocycles. The number of hydrogen-bond acceptors (Lipinski definition) is 5. The van der Waals surface area contributed by atoms with Gasteiger partial charge in [-0.2, -0.15) is 0 Å². The van der Waals surface area contributed by atoms with E-state index in [9.17, 15) is 4.79 Å². The van der Waals surface area contributed by atoms with Crippen molar-refractivity contribution in [2.75, 3.05) is 17.7 Å². The summed E-state index contributed by atoms with van der Waals surface area (Å²) in [4.78, 5) is 12.6. The zero-order valence-electron chi connectivity index (χ0n) is 17.3. The van der Waals surface area contributed by atoms with E-state index in [1.165, 1.54) is 5.56 Å². The van der Waals surface area contributed by atoms with Crippen LogP contribution in [0.4, 0.5) is 17.2 Å². The number of methoxy groups -OCH3 is 1. The summed E-state index contributed by atoms with van der Waals surface area (Å²) in [6, 6.07) is 26.4. The number of aromatic nitrogens is 2. The number of aryl methyl sites for hydroxylation is 1. The Bertz CT molecular complexity index is 1210. The van der Waals surface area contributed by atoms with Crippen LogP contribution in [0, 0.1) is 6.92 Å². The quantitative estimate of drug-likeness (QED) is 0.442. The summed E-state index contributed by atoms with van der Waals surface area (Å²) in [6.07, 6.45) is 0. The highest BCUT2D eigenvalue weighted by molar-refractivity contribution is 6.05. The fraction of sp³-hybridized carbons (Fsp3) is 0.0800. The van der Waals surface area contributed by atoms with Crippen LogP contribution < -0.4 is 15.4 Å². The summed E-state index contributed by atoms with van der Waals surface area (Å²) in [6.45, 7) is 2.05. The van der Waals surface area contributed by atoms with E-state index in [0.717, 1.165) is 16.9 Å². The van der Waals surface area contributed by atoms with Gasteiger partial charge in [-0.25, -0.2) is 0 Å². The first kappa shape index (κ1) is 20.1. The zero-order chi connectivity index (χ0) is 21.6. The first-order chi connectivity index (χ1) is 15.1. The van der Waals surface area contributed by atoms with Crippen molar-refractivity contribution in [1.82, 2.24) is 10.2 Å². The average Bonchev–Trinajstić information content (AvgIpc) is 2.80. The van der Waals surface area contributed by atoms with E-state index in [0.29, 0.717) is 22.8 Å². The lowest BCUT2D eigenvalue weighted by atomic mass is 10.1. The van der Waals surface area contributed by atoms with Crippen molar-refractivity contribution in [3.63, 3.8) is 0 Å². The summed E-state index contributed by atoms with van der Waals surface area (Å²) in [5.41, 5.74) is 4.94. The van der Waals surface area contributed by atoms with Crippen LogP contribution in [0.25, 0.3) is 11.3 Å². The van der Waals surface area contributed by atoms with Crippen LogP contribution in [0.2, 0.25) is 0 Å². The Morgan fingerprint density at radius 1 is 0.839 bits per heavy atom. The highest BCUT2D eigenvalue weighted by Gasteiger charge is 2.08. The summed E-state index contributed by atoms with van der Waals surface area (Å²) >= 11 is 0. The lowest BCUT2D eigenvalue weighted by molar-refractivity contribution is 0.102. The normalized spacial score (nSPS) is 10.4. The van der Waals surface area contributed by atoms with Gasteiger partial charge in [-0.15, -0.1) is 10.2 Å². The number of carbonyl (C=O) groups excluding carboxylic acids is 1. The van der Waals surface area contributed by atoms with Crippen molar-refractivity contribution < 1.29 is 9.53 Å². The number of hydrogen-bond donors (Lipinski definition) is 2. The maximum Gasteiger partial charge on any atom is 0.255 e. The molecule has 31 heavy (non-hydrogen) atoms. The van der Waals surface area contributed by atoms with E-state index < -0.39 is 0 Å². The molecule has 0 radical (unpaired) electrons. The van der Waals surface area contributed by atoms with Gasteiger partial charge >= 0.3 is 0 Å². The van der Waals surface area contributed by atoms with E-state index in [1.54, 1.807) is 25.3 Å². The molecule has 3 aromatic carbocycles. The van der Waals surface area contributed by atoms with Crippen molar-refractivity contribution in [2.45, 2.75) is 6.92 Å². The molecule has 0 unspecified atom stereocenters. The van der Waals surface area contributed by atoms with Gasteiger partial charge in [0.2, 0.25) is 0 Å². The maximum absolute atomic E-state index is 12.6. The first-order valence-corrected chi connectivity index (χ1v) is 9.84. The number of ether oxygens (including phenoxy) is 1. The molecule has 0 spiro atoms. The second-order valence-corrected chi connectivity index (χ2v) is 7.07. The molecule has 0 saturated heterocycles. The highest BCUT2D eigenvalue weighted by Crippen LogP contribution is 2.22. The zero-order valence-corrected chi connectivity index (χ0v) is 17.3. The van der Waals surface area contributed by atoms with Gasteiger partial charge in [0.15, 0.2) is 5.82 Å². The summed E-state index contributed by atoms with van der Waals surface area (Å²) in [5, 5.41) is 14.7. The number of nitrogens with one attached hydrogen (secondary N) is 2. The molecule has 4 aromatic rings. The van der Waals surface area contributed by atoms with Crippen LogP contribution in [-0.2, 0) is 0 Å². The smallest absolute Gasteiger partial charge is 0.255 e. The van der Waals surface area contributed by atoms with Crippen molar-refractivity contribution in [3.05, 3.63) is 96.1 Å². The van der Waals surface area contributed by atoms with Crippen molar-refractivity contribution in [1.29, 1.82) is 0 Å². The molecular formula is C25H22N4O2. The van der Waals surface area contributed by atoms with Gasteiger partial charge in [-0.1, -0.05) is 35.9 Å². The lowest BCUT2D eigenvalue weighted by Gasteiger charge is -2.10. The topological polar surface area (TPSA) is 76.1 Å². The predicted octanol–water partition coefficient (Wildman–Crippen LogP) is 5.46. The van der Waals surface area contributed by atoms with Crippen LogP contribution in [0.15, 0.2) is 84.9 Å². The minimum absolute atomic E-state index is 0.210. The molecule has 4 rings (SSSR count). The number of anilines is 3. The summed E-state index contributed by atoms with van der Waals surface area (Å²) in [5.74, 6) is 1.07. The third kappa shape index (κ3) is 5.05. The molecule has 2 N–H and O–H groups in total. The number of benzene rings is 3. The van der Waals surface area contributed by atoms with Gasteiger partial charge in [-0.05, 0) is 55.5 Å². The number of carbonyl (C=O) groups is 1. The van der Waals surface area contributed by atoms with Crippen LogP contribution in [0.5, 0.6) is 5.75 Å². The Balaban J connectivity index is 1.46. The van der Waals surface area contributed by atoms with Gasteiger partial charge in [0.1, 0.15) is 5.75 Å². The molecule has 154 valence electrons. The largest absolute Gasteiger partial charge is 0.497 e. The van der Waals surface area contributed by atoms with Gasteiger partial charge in [0.05, 0.1) is 12.8 Å². The first-order valence-electron chi connectivity index (χ1n) is 9.84. The fourth-order valence-corrected chi connectivity index (χ4v) is 3.15.